The number of hydrogen-bond acceptors (Lipinski definition) is 4. The molecule has 4 aromatic rings. The van der Waals surface area contributed by atoms with Gasteiger partial charge in [0.2, 0.25) is 5.91 Å². The number of para-hydroxylation sites is 1. The predicted molar refractivity (Wildman–Crippen MR) is 135 cm³/mol. The summed E-state index contributed by atoms with van der Waals surface area (Å²) >= 11 is 4.73. The number of aromatic nitrogens is 2. The average molecular weight is 508 g/mol. The summed E-state index contributed by atoms with van der Waals surface area (Å²) in [6.45, 7) is 6.03. The Morgan fingerprint density at radius 1 is 1.03 bits per heavy atom. The fraction of sp³-hybridized carbons (Fsp3) is 0.160. The van der Waals surface area contributed by atoms with Gasteiger partial charge in [0.1, 0.15) is 0 Å². The molecule has 0 atom stereocenters. The zero-order valence-corrected chi connectivity index (χ0v) is 20.4. The van der Waals surface area contributed by atoms with Gasteiger partial charge in [-0.3, -0.25) is 14.2 Å². The fourth-order valence-corrected chi connectivity index (χ4v) is 4.74. The molecule has 1 amide bonds. The van der Waals surface area contributed by atoms with Crippen LogP contribution in [0.2, 0.25) is 0 Å². The Labute approximate surface area is 199 Å². The summed E-state index contributed by atoms with van der Waals surface area (Å²) in [5.41, 5.74) is 5.24. The van der Waals surface area contributed by atoms with Gasteiger partial charge in [0.25, 0.3) is 5.56 Å². The highest BCUT2D eigenvalue weighted by molar-refractivity contribution is 9.10. The molecule has 4 rings (SSSR count). The first-order valence-electron chi connectivity index (χ1n) is 10.1. The maximum Gasteiger partial charge on any atom is 0.266 e. The summed E-state index contributed by atoms with van der Waals surface area (Å²) in [5, 5.41) is 3.94. The summed E-state index contributed by atoms with van der Waals surface area (Å²) in [4.78, 5) is 30.7. The van der Waals surface area contributed by atoms with E-state index in [9.17, 15) is 9.59 Å². The SMILES string of the molecule is Cc1ccc(NC(=O)CSc2nc3ccccc3c(=O)n2-c2ccc(C)c(C)c2)c(Br)c1. The first-order valence-corrected chi connectivity index (χ1v) is 11.9. The molecule has 0 radical (unpaired) electrons. The quantitative estimate of drug-likeness (QED) is 0.273. The number of fused-ring (bicyclic) bond motifs is 1. The van der Waals surface area contributed by atoms with E-state index in [1.165, 1.54) is 11.8 Å². The Morgan fingerprint density at radius 3 is 2.56 bits per heavy atom. The molecule has 0 saturated carbocycles. The number of carbonyl (C=O) groups is 1. The molecule has 1 N–H and O–H groups in total. The van der Waals surface area contributed by atoms with E-state index in [0.717, 1.165) is 26.9 Å². The molecule has 0 bridgehead atoms. The lowest BCUT2D eigenvalue weighted by Crippen LogP contribution is -2.23. The minimum Gasteiger partial charge on any atom is -0.324 e. The molecule has 0 spiro atoms. The van der Waals surface area contributed by atoms with Gasteiger partial charge in [0.05, 0.1) is 28.0 Å². The topological polar surface area (TPSA) is 64.0 Å². The predicted octanol–water partition coefficient (Wildman–Crippen LogP) is 5.80. The number of halogens is 1. The van der Waals surface area contributed by atoms with E-state index in [2.05, 4.69) is 21.2 Å². The molecule has 5 nitrogen and oxygen atoms in total. The van der Waals surface area contributed by atoms with Crippen LogP contribution < -0.4 is 10.9 Å². The van der Waals surface area contributed by atoms with Crippen molar-refractivity contribution in [2.24, 2.45) is 0 Å². The van der Waals surface area contributed by atoms with Crippen molar-refractivity contribution < 1.29 is 4.79 Å². The van der Waals surface area contributed by atoms with Gasteiger partial charge in [-0.1, -0.05) is 36.0 Å². The number of aryl methyl sites for hydroxylation is 3. The lowest BCUT2D eigenvalue weighted by molar-refractivity contribution is -0.113. The van der Waals surface area contributed by atoms with E-state index >= 15 is 0 Å². The number of nitrogens with zero attached hydrogens (tertiary/aromatic N) is 2. The van der Waals surface area contributed by atoms with Gasteiger partial charge in [0, 0.05) is 4.47 Å². The van der Waals surface area contributed by atoms with Crippen LogP contribution in [0, 0.1) is 20.8 Å². The number of rotatable bonds is 5. The van der Waals surface area contributed by atoms with Crippen LogP contribution in [-0.2, 0) is 4.79 Å². The van der Waals surface area contributed by atoms with Crippen molar-refractivity contribution in [3.05, 3.63) is 92.2 Å². The van der Waals surface area contributed by atoms with Crippen LogP contribution in [0.4, 0.5) is 5.69 Å². The van der Waals surface area contributed by atoms with E-state index in [4.69, 9.17) is 4.98 Å². The number of benzene rings is 3. The Hall–Kier alpha value is -2.90. The minimum absolute atomic E-state index is 0.121. The number of hydrogen-bond donors (Lipinski definition) is 1. The molecule has 0 aliphatic carbocycles. The van der Waals surface area contributed by atoms with Crippen LogP contribution in [0.3, 0.4) is 0 Å². The van der Waals surface area contributed by atoms with Crippen molar-refractivity contribution in [2.75, 3.05) is 11.1 Å². The second-order valence-corrected chi connectivity index (χ2v) is 9.44. The maximum absolute atomic E-state index is 13.4. The van der Waals surface area contributed by atoms with Crippen LogP contribution in [0.25, 0.3) is 16.6 Å². The third kappa shape index (κ3) is 4.64. The van der Waals surface area contributed by atoms with Crippen molar-refractivity contribution in [1.82, 2.24) is 9.55 Å². The molecule has 0 aliphatic rings. The van der Waals surface area contributed by atoms with Crippen molar-refractivity contribution >= 4 is 50.2 Å². The van der Waals surface area contributed by atoms with Crippen LogP contribution in [0.1, 0.15) is 16.7 Å². The first-order chi connectivity index (χ1) is 15.3. The zero-order chi connectivity index (χ0) is 22.8. The minimum atomic E-state index is -0.173. The standard InChI is InChI=1S/C25H22BrN3O2S/c1-15-8-11-22(20(26)12-15)27-23(30)14-32-25-28-21-7-5-4-6-19(21)24(31)29(25)18-10-9-16(2)17(3)13-18/h4-13H,14H2,1-3H3,(H,27,30). The third-order valence-corrected chi connectivity index (χ3v) is 6.82. The summed E-state index contributed by atoms with van der Waals surface area (Å²) < 4.78 is 2.42. The van der Waals surface area contributed by atoms with Crippen LogP contribution in [-0.4, -0.2) is 21.2 Å². The van der Waals surface area contributed by atoms with Gasteiger partial charge in [-0.05, 0) is 89.8 Å². The summed E-state index contributed by atoms with van der Waals surface area (Å²) in [5.74, 6) is -0.0516. The Balaban J connectivity index is 1.68. The van der Waals surface area contributed by atoms with Gasteiger partial charge < -0.3 is 5.32 Å². The molecule has 3 aromatic carbocycles. The number of anilines is 1. The molecular weight excluding hydrogens is 486 g/mol. The van der Waals surface area contributed by atoms with Crippen LogP contribution in [0.5, 0.6) is 0 Å². The molecular formula is C25H22BrN3O2S. The number of thioether (sulfide) groups is 1. The Kier molecular flexibility index (Phi) is 6.48. The first kappa shape index (κ1) is 22.3. The molecule has 1 aromatic heterocycles. The van der Waals surface area contributed by atoms with Crippen molar-refractivity contribution in [3.63, 3.8) is 0 Å². The zero-order valence-electron chi connectivity index (χ0n) is 18.0. The third-order valence-electron chi connectivity index (χ3n) is 5.22. The van der Waals surface area contributed by atoms with E-state index in [1.54, 1.807) is 10.6 Å². The highest BCUT2D eigenvalue weighted by atomic mass is 79.9. The number of amides is 1. The van der Waals surface area contributed by atoms with Crippen molar-refractivity contribution in [3.8, 4) is 5.69 Å². The van der Waals surface area contributed by atoms with Gasteiger partial charge in [-0.25, -0.2) is 4.98 Å². The Bertz CT molecular complexity index is 1400. The molecule has 32 heavy (non-hydrogen) atoms. The fourth-order valence-electron chi connectivity index (χ4n) is 3.34. The number of carbonyl (C=O) groups excluding carboxylic acids is 1. The summed E-state index contributed by atoms with van der Waals surface area (Å²) in [6.07, 6.45) is 0. The van der Waals surface area contributed by atoms with Crippen LogP contribution in [0.15, 0.2) is 75.1 Å². The lowest BCUT2D eigenvalue weighted by Gasteiger charge is -2.14. The van der Waals surface area contributed by atoms with E-state index < -0.39 is 0 Å². The highest BCUT2D eigenvalue weighted by Crippen LogP contribution is 2.25. The smallest absolute Gasteiger partial charge is 0.266 e. The van der Waals surface area contributed by atoms with E-state index in [-0.39, 0.29) is 17.2 Å². The molecule has 0 saturated heterocycles. The largest absolute Gasteiger partial charge is 0.324 e. The summed E-state index contributed by atoms with van der Waals surface area (Å²) in [7, 11) is 0. The number of nitrogens with one attached hydrogen (secondary N) is 1. The van der Waals surface area contributed by atoms with Crippen LogP contribution >= 0.6 is 27.7 Å². The van der Waals surface area contributed by atoms with Crippen molar-refractivity contribution in [1.29, 1.82) is 0 Å². The molecule has 1 heterocycles. The molecule has 0 fully saturated rings. The molecule has 162 valence electrons. The second kappa shape index (κ2) is 9.30. The normalized spacial score (nSPS) is 11.0. The molecule has 0 unspecified atom stereocenters. The van der Waals surface area contributed by atoms with E-state index in [0.29, 0.717) is 21.7 Å². The van der Waals surface area contributed by atoms with Gasteiger partial charge >= 0.3 is 0 Å². The average Bonchev–Trinajstić information content (AvgIpc) is 2.76. The van der Waals surface area contributed by atoms with E-state index in [1.807, 2.05) is 75.4 Å². The van der Waals surface area contributed by atoms with Crippen molar-refractivity contribution in [2.45, 2.75) is 25.9 Å². The van der Waals surface area contributed by atoms with Gasteiger partial charge in [-0.2, -0.15) is 0 Å². The summed E-state index contributed by atoms with van der Waals surface area (Å²) in [6, 6.07) is 18.9. The highest BCUT2D eigenvalue weighted by Gasteiger charge is 2.16. The monoisotopic (exact) mass is 507 g/mol. The molecule has 7 heteroatoms. The van der Waals surface area contributed by atoms with Gasteiger partial charge in [0.15, 0.2) is 5.16 Å². The molecule has 0 aliphatic heterocycles. The van der Waals surface area contributed by atoms with Gasteiger partial charge in [-0.15, -0.1) is 0 Å². The second-order valence-electron chi connectivity index (χ2n) is 7.64. The maximum atomic E-state index is 13.4. The Morgan fingerprint density at radius 2 is 1.81 bits per heavy atom. The lowest BCUT2D eigenvalue weighted by atomic mass is 10.1.